The van der Waals surface area contributed by atoms with Crippen LogP contribution in [0, 0.1) is 12.8 Å². The van der Waals surface area contributed by atoms with Crippen LogP contribution in [0.15, 0.2) is 12.3 Å². The summed E-state index contributed by atoms with van der Waals surface area (Å²) in [4.78, 5) is 18.3. The number of aromatic nitrogens is 1. The molecule has 1 aromatic rings. The van der Waals surface area contributed by atoms with Crippen molar-refractivity contribution in [1.29, 1.82) is 0 Å². The van der Waals surface area contributed by atoms with Gasteiger partial charge in [0.15, 0.2) is 0 Å². The van der Waals surface area contributed by atoms with Gasteiger partial charge in [-0.15, -0.1) is 0 Å². The Balaban J connectivity index is 2.15. The van der Waals surface area contributed by atoms with E-state index < -0.39 is 0 Å². The van der Waals surface area contributed by atoms with E-state index in [0.717, 1.165) is 31.6 Å². The standard InChI is InChI=1S/C13H17ClN2O/c1-3-10-4-5-16(8-10)13(17)11-7-15-9(2)6-12(11)14/h6-7,10H,3-5,8H2,1-2H3. The predicted octanol–water partition coefficient (Wildman–Crippen LogP) is 2.92. The van der Waals surface area contributed by atoms with Gasteiger partial charge in [0.05, 0.1) is 10.6 Å². The molecule has 0 aliphatic carbocycles. The van der Waals surface area contributed by atoms with Crippen molar-refractivity contribution >= 4 is 17.5 Å². The summed E-state index contributed by atoms with van der Waals surface area (Å²) < 4.78 is 0. The van der Waals surface area contributed by atoms with E-state index in [1.54, 1.807) is 12.3 Å². The monoisotopic (exact) mass is 252 g/mol. The molecule has 17 heavy (non-hydrogen) atoms. The second-order valence-electron chi connectivity index (χ2n) is 4.62. The lowest BCUT2D eigenvalue weighted by Gasteiger charge is -2.16. The second-order valence-corrected chi connectivity index (χ2v) is 5.03. The summed E-state index contributed by atoms with van der Waals surface area (Å²) in [5.41, 5.74) is 1.36. The summed E-state index contributed by atoms with van der Waals surface area (Å²) in [5, 5.41) is 0.502. The van der Waals surface area contributed by atoms with Crippen molar-refractivity contribution in [1.82, 2.24) is 9.88 Å². The van der Waals surface area contributed by atoms with Gasteiger partial charge in [0.1, 0.15) is 0 Å². The van der Waals surface area contributed by atoms with Gasteiger partial charge in [0.2, 0.25) is 0 Å². The fourth-order valence-electron chi connectivity index (χ4n) is 2.20. The van der Waals surface area contributed by atoms with Crippen LogP contribution in [-0.4, -0.2) is 28.9 Å². The molecule has 1 amide bonds. The van der Waals surface area contributed by atoms with E-state index in [9.17, 15) is 4.79 Å². The number of halogens is 1. The highest BCUT2D eigenvalue weighted by Crippen LogP contribution is 2.23. The molecule has 1 atom stereocenters. The molecule has 4 heteroatoms. The van der Waals surface area contributed by atoms with Crippen LogP contribution in [0.2, 0.25) is 5.02 Å². The molecular weight excluding hydrogens is 236 g/mol. The lowest BCUT2D eigenvalue weighted by atomic mass is 10.1. The first-order valence-corrected chi connectivity index (χ1v) is 6.41. The zero-order valence-electron chi connectivity index (χ0n) is 10.2. The molecule has 92 valence electrons. The molecule has 3 nitrogen and oxygen atoms in total. The van der Waals surface area contributed by atoms with Gasteiger partial charge in [-0.1, -0.05) is 24.9 Å². The normalized spacial score (nSPS) is 19.7. The average Bonchev–Trinajstić information content (AvgIpc) is 2.76. The quantitative estimate of drug-likeness (QED) is 0.811. The minimum absolute atomic E-state index is 0.0125. The molecule has 1 unspecified atom stereocenters. The second kappa shape index (κ2) is 5.05. The van der Waals surface area contributed by atoms with Crippen molar-refractivity contribution in [2.75, 3.05) is 13.1 Å². The van der Waals surface area contributed by atoms with Crippen molar-refractivity contribution in [2.45, 2.75) is 26.7 Å². The first-order valence-electron chi connectivity index (χ1n) is 6.03. The molecule has 0 spiro atoms. The van der Waals surface area contributed by atoms with E-state index in [-0.39, 0.29) is 5.91 Å². The summed E-state index contributed by atoms with van der Waals surface area (Å²) in [6.45, 7) is 5.71. The van der Waals surface area contributed by atoms with E-state index in [0.29, 0.717) is 16.5 Å². The number of aryl methyl sites for hydroxylation is 1. The molecule has 0 saturated carbocycles. The third kappa shape index (κ3) is 2.60. The van der Waals surface area contributed by atoms with E-state index >= 15 is 0 Å². The van der Waals surface area contributed by atoms with Gasteiger partial charge in [-0.25, -0.2) is 0 Å². The van der Waals surface area contributed by atoms with Gasteiger partial charge in [0, 0.05) is 25.0 Å². The topological polar surface area (TPSA) is 33.2 Å². The molecule has 1 aliphatic rings. The molecule has 0 bridgehead atoms. The first kappa shape index (κ1) is 12.4. The van der Waals surface area contributed by atoms with Gasteiger partial charge < -0.3 is 4.90 Å². The number of pyridine rings is 1. The van der Waals surface area contributed by atoms with Crippen LogP contribution in [-0.2, 0) is 0 Å². The minimum atomic E-state index is 0.0125. The Morgan fingerprint density at radius 1 is 1.65 bits per heavy atom. The Bertz CT molecular complexity index is 433. The van der Waals surface area contributed by atoms with Gasteiger partial charge in [-0.05, 0) is 25.3 Å². The Labute approximate surface area is 107 Å². The number of carbonyl (C=O) groups is 1. The zero-order valence-corrected chi connectivity index (χ0v) is 11.0. The van der Waals surface area contributed by atoms with Crippen LogP contribution >= 0.6 is 11.6 Å². The van der Waals surface area contributed by atoms with Crippen LogP contribution in [0.3, 0.4) is 0 Å². The van der Waals surface area contributed by atoms with E-state index in [1.165, 1.54) is 0 Å². The summed E-state index contributed by atoms with van der Waals surface area (Å²) in [7, 11) is 0. The summed E-state index contributed by atoms with van der Waals surface area (Å²) >= 11 is 6.09. The van der Waals surface area contributed by atoms with Crippen molar-refractivity contribution in [3.63, 3.8) is 0 Å². The molecule has 1 saturated heterocycles. The molecule has 2 heterocycles. The Morgan fingerprint density at radius 3 is 3.00 bits per heavy atom. The smallest absolute Gasteiger partial charge is 0.256 e. The maximum Gasteiger partial charge on any atom is 0.256 e. The van der Waals surface area contributed by atoms with Crippen LogP contribution in [0.5, 0.6) is 0 Å². The lowest BCUT2D eigenvalue weighted by Crippen LogP contribution is -2.29. The fourth-order valence-corrected chi connectivity index (χ4v) is 2.49. The number of hydrogen-bond donors (Lipinski definition) is 0. The lowest BCUT2D eigenvalue weighted by molar-refractivity contribution is 0.0786. The Hall–Kier alpha value is -1.09. The summed E-state index contributed by atoms with van der Waals surface area (Å²) in [5.74, 6) is 0.648. The molecule has 2 rings (SSSR count). The van der Waals surface area contributed by atoms with Crippen molar-refractivity contribution in [3.05, 3.63) is 28.5 Å². The third-order valence-electron chi connectivity index (χ3n) is 3.37. The average molecular weight is 253 g/mol. The number of nitrogens with zero attached hydrogens (tertiary/aromatic N) is 2. The van der Waals surface area contributed by atoms with Crippen LogP contribution in [0.1, 0.15) is 35.8 Å². The van der Waals surface area contributed by atoms with Crippen molar-refractivity contribution in [3.8, 4) is 0 Å². The summed E-state index contributed by atoms with van der Waals surface area (Å²) in [6.07, 6.45) is 3.81. The number of hydrogen-bond acceptors (Lipinski definition) is 2. The number of amides is 1. The molecule has 0 aromatic carbocycles. The highest BCUT2D eigenvalue weighted by molar-refractivity contribution is 6.33. The highest BCUT2D eigenvalue weighted by atomic mass is 35.5. The van der Waals surface area contributed by atoms with Crippen molar-refractivity contribution in [2.24, 2.45) is 5.92 Å². The van der Waals surface area contributed by atoms with E-state index in [2.05, 4.69) is 11.9 Å². The maximum atomic E-state index is 12.2. The van der Waals surface area contributed by atoms with E-state index in [1.807, 2.05) is 11.8 Å². The zero-order chi connectivity index (χ0) is 12.4. The SMILES string of the molecule is CCC1CCN(C(=O)c2cnc(C)cc2Cl)C1. The Kier molecular flexibility index (Phi) is 3.67. The molecular formula is C13H17ClN2O. The van der Waals surface area contributed by atoms with Crippen molar-refractivity contribution < 1.29 is 4.79 Å². The molecule has 0 N–H and O–H groups in total. The number of carbonyl (C=O) groups excluding carboxylic acids is 1. The Morgan fingerprint density at radius 2 is 2.41 bits per heavy atom. The molecule has 1 aromatic heterocycles. The first-order chi connectivity index (χ1) is 8.11. The van der Waals surface area contributed by atoms with Gasteiger partial charge in [-0.3, -0.25) is 9.78 Å². The molecule has 0 radical (unpaired) electrons. The number of likely N-dealkylation sites (tertiary alicyclic amines) is 1. The number of rotatable bonds is 2. The molecule has 1 aliphatic heterocycles. The summed E-state index contributed by atoms with van der Waals surface area (Å²) in [6, 6.07) is 1.74. The van der Waals surface area contributed by atoms with Crippen LogP contribution in [0.4, 0.5) is 0 Å². The highest BCUT2D eigenvalue weighted by Gasteiger charge is 2.27. The van der Waals surface area contributed by atoms with Gasteiger partial charge in [0.25, 0.3) is 5.91 Å². The fraction of sp³-hybridized carbons (Fsp3) is 0.538. The van der Waals surface area contributed by atoms with Gasteiger partial charge >= 0.3 is 0 Å². The minimum Gasteiger partial charge on any atom is -0.338 e. The van der Waals surface area contributed by atoms with E-state index in [4.69, 9.17) is 11.6 Å². The maximum absolute atomic E-state index is 12.2. The van der Waals surface area contributed by atoms with Crippen LogP contribution in [0.25, 0.3) is 0 Å². The third-order valence-corrected chi connectivity index (χ3v) is 3.68. The van der Waals surface area contributed by atoms with Crippen LogP contribution < -0.4 is 0 Å². The predicted molar refractivity (Wildman–Crippen MR) is 68.3 cm³/mol. The largest absolute Gasteiger partial charge is 0.338 e. The molecule has 1 fully saturated rings. The van der Waals surface area contributed by atoms with Gasteiger partial charge in [-0.2, -0.15) is 0 Å².